The zero-order chi connectivity index (χ0) is 11.0. The molecule has 0 aliphatic heterocycles. The lowest BCUT2D eigenvalue weighted by Gasteiger charge is -2.18. The van der Waals surface area contributed by atoms with Crippen LogP contribution in [0.4, 0.5) is 0 Å². The lowest BCUT2D eigenvalue weighted by atomic mass is 9.91. The van der Waals surface area contributed by atoms with Crippen LogP contribution in [0.1, 0.15) is 24.8 Å². The average molecular weight is 212 g/mol. The summed E-state index contributed by atoms with van der Waals surface area (Å²) >= 11 is 0. The molecule has 3 N–H and O–H groups in total. The van der Waals surface area contributed by atoms with Crippen molar-refractivity contribution in [3.8, 4) is 0 Å². The summed E-state index contributed by atoms with van der Waals surface area (Å²) in [6, 6.07) is 9.09. The first kappa shape index (κ1) is 9.67. The van der Waals surface area contributed by atoms with Crippen molar-refractivity contribution in [2.45, 2.75) is 25.3 Å². The van der Waals surface area contributed by atoms with Crippen LogP contribution in [0, 0.1) is 0 Å². The number of allylic oxidation sites excluding steroid dienone is 1. The van der Waals surface area contributed by atoms with E-state index in [1.54, 1.807) is 0 Å². The van der Waals surface area contributed by atoms with Gasteiger partial charge in [0.2, 0.25) is 0 Å². The fourth-order valence-electron chi connectivity index (χ4n) is 2.37. The van der Waals surface area contributed by atoms with Crippen molar-refractivity contribution in [1.82, 2.24) is 4.98 Å². The van der Waals surface area contributed by atoms with Gasteiger partial charge in [-0.2, -0.15) is 0 Å². The average Bonchev–Trinajstić information content (AvgIpc) is 2.77. The van der Waals surface area contributed by atoms with E-state index in [4.69, 9.17) is 5.73 Å². The Balaban J connectivity index is 1.99. The molecule has 1 aromatic carbocycles. The third kappa shape index (κ3) is 1.65. The van der Waals surface area contributed by atoms with Crippen LogP contribution in [0.15, 0.2) is 36.5 Å². The minimum Gasteiger partial charge on any atom is -0.361 e. The molecule has 1 aliphatic carbocycles. The van der Waals surface area contributed by atoms with Gasteiger partial charge < -0.3 is 10.7 Å². The van der Waals surface area contributed by atoms with E-state index in [0.29, 0.717) is 6.04 Å². The van der Waals surface area contributed by atoms with Crippen LogP contribution in [0.3, 0.4) is 0 Å². The largest absolute Gasteiger partial charge is 0.361 e. The van der Waals surface area contributed by atoms with Crippen LogP contribution in [0.2, 0.25) is 0 Å². The van der Waals surface area contributed by atoms with Gasteiger partial charge in [-0.3, -0.25) is 0 Å². The predicted molar refractivity (Wildman–Crippen MR) is 68.1 cm³/mol. The predicted octanol–water partition coefficient (Wildman–Crippen LogP) is 3.06. The van der Waals surface area contributed by atoms with Gasteiger partial charge in [-0.15, -0.1) is 0 Å². The quantitative estimate of drug-likeness (QED) is 0.749. The van der Waals surface area contributed by atoms with Gasteiger partial charge in [-0.25, -0.2) is 0 Å². The Labute approximate surface area is 95.2 Å². The van der Waals surface area contributed by atoms with Gasteiger partial charge in [0, 0.05) is 17.8 Å². The number of rotatable bonds is 1. The summed E-state index contributed by atoms with van der Waals surface area (Å²) in [6.07, 6.45) is 7.51. The summed E-state index contributed by atoms with van der Waals surface area (Å²) in [4.78, 5) is 3.22. The van der Waals surface area contributed by atoms with Crippen molar-refractivity contribution in [3.05, 3.63) is 42.1 Å². The highest BCUT2D eigenvalue weighted by atomic mass is 14.7. The van der Waals surface area contributed by atoms with Gasteiger partial charge >= 0.3 is 0 Å². The minimum absolute atomic E-state index is 0.361. The summed E-state index contributed by atoms with van der Waals surface area (Å²) in [5.74, 6) is 0. The molecule has 2 heteroatoms. The second-order valence-corrected chi connectivity index (χ2v) is 4.54. The molecular weight excluding hydrogens is 196 g/mol. The molecule has 0 bridgehead atoms. The number of aromatic amines is 1. The number of aromatic nitrogens is 1. The molecule has 3 rings (SSSR count). The van der Waals surface area contributed by atoms with E-state index >= 15 is 0 Å². The van der Waals surface area contributed by atoms with Crippen molar-refractivity contribution in [1.29, 1.82) is 0 Å². The maximum atomic E-state index is 5.90. The van der Waals surface area contributed by atoms with E-state index in [1.807, 2.05) is 6.20 Å². The fraction of sp³-hybridized carbons (Fsp3) is 0.286. The highest BCUT2D eigenvalue weighted by molar-refractivity contribution is 5.84. The van der Waals surface area contributed by atoms with Crippen LogP contribution in [-0.4, -0.2) is 11.0 Å². The normalized spacial score (nSPS) is 21.1. The molecule has 1 atom stereocenters. The lowest BCUT2D eigenvalue weighted by Crippen LogP contribution is -2.21. The number of nitrogens with two attached hydrogens (primary N) is 1. The zero-order valence-electron chi connectivity index (χ0n) is 9.24. The van der Waals surface area contributed by atoms with Gasteiger partial charge in [-0.1, -0.05) is 12.1 Å². The van der Waals surface area contributed by atoms with E-state index in [0.717, 1.165) is 19.3 Å². The summed E-state index contributed by atoms with van der Waals surface area (Å²) in [6.45, 7) is 0. The van der Waals surface area contributed by atoms with E-state index in [9.17, 15) is 0 Å². The molecule has 82 valence electrons. The first-order valence-electron chi connectivity index (χ1n) is 5.85. The Morgan fingerprint density at radius 1 is 1.25 bits per heavy atom. The molecule has 1 unspecified atom stereocenters. The van der Waals surface area contributed by atoms with Crippen LogP contribution in [0.25, 0.3) is 16.5 Å². The van der Waals surface area contributed by atoms with Crippen LogP contribution in [-0.2, 0) is 0 Å². The summed E-state index contributed by atoms with van der Waals surface area (Å²) < 4.78 is 0. The molecule has 1 aromatic heterocycles. The minimum atomic E-state index is 0.361. The Morgan fingerprint density at radius 2 is 2.19 bits per heavy atom. The summed E-state index contributed by atoms with van der Waals surface area (Å²) in [5.41, 5.74) is 9.90. The molecule has 16 heavy (non-hydrogen) atoms. The highest BCUT2D eigenvalue weighted by Crippen LogP contribution is 2.28. The Morgan fingerprint density at radius 3 is 3.00 bits per heavy atom. The zero-order valence-corrected chi connectivity index (χ0v) is 9.24. The number of benzene rings is 1. The standard InChI is InChI=1S/C14H16N2/c15-13-4-1-10(2-5-13)11-3-6-14-12(9-11)7-8-16-14/h1,3,6-9,13,16H,2,4-5,15H2. The Kier molecular flexibility index (Phi) is 2.29. The number of hydrogen-bond acceptors (Lipinski definition) is 1. The molecule has 0 radical (unpaired) electrons. The third-order valence-corrected chi connectivity index (χ3v) is 3.38. The summed E-state index contributed by atoms with van der Waals surface area (Å²) in [7, 11) is 0. The number of H-pyrrole nitrogens is 1. The summed E-state index contributed by atoms with van der Waals surface area (Å²) in [5, 5.41) is 1.29. The molecular formula is C14H16N2. The van der Waals surface area contributed by atoms with E-state index in [-0.39, 0.29) is 0 Å². The van der Waals surface area contributed by atoms with E-state index < -0.39 is 0 Å². The van der Waals surface area contributed by atoms with Gasteiger partial charge in [0.1, 0.15) is 0 Å². The van der Waals surface area contributed by atoms with Gasteiger partial charge in [0.05, 0.1) is 0 Å². The van der Waals surface area contributed by atoms with E-state index in [2.05, 4.69) is 35.3 Å². The van der Waals surface area contributed by atoms with Crippen molar-refractivity contribution >= 4 is 16.5 Å². The van der Waals surface area contributed by atoms with Gasteiger partial charge in [0.25, 0.3) is 0 Å². The second-order valence-electron chi connectivity index (χ2n) is 4.54. The maximum absolute atomic E-state index is 5.90. The molecule has 1 aliphatic rings. The van der Waals surface area contributed by atoms with Crippen molar-refractivity contribution < 1.29 is 0 Å². The molecule has 0 fully saturated rings. The topological polar surface area (TPSA) is 41.8 Å². The first-order valence-corrected chi connectivity index (χ1v) is 5.85. The molecule has 0 saturated heterocycles. The van der Waals surface area contributed by atoms with Crippen LogP contribution < -0.4 is 5.73 Å². The van der Waals surface area contributed by atoms with E-state index in [1.165, 1.54) is 22.0 Å². The molecule has 0 saturated carbocycles. The van der Waals surface area contributed by atoms with Crippen LogP contribution in [0.5, 0.6) is 0 Å². The second kappa shape index (κ2) is 3.80. The number of nitrogens with one attached hydrogen (secondary N) is 1. The SMILES string of the molecule is NC1CC=C(c2ccc3[nH]ccc3c2)CC1. The molecule has 0 spiro atoms. The third-order valence-electron chi connectivity index (χ3n) is 3.38. The molecule has 1 heterocycles. The Bertz CT molecular complexity index is 536. The van der Waals surface area contributed by atoms with Crippen molar-refractivity contribution in [3.63, 3.8) is 0 Å². The number of fused-ring (bicyclic) bond motifs is 1. The lowest BCUT2D eigenvalue weighted by molar-refractivity contribution is 0.614. The molecule has 2 aromatic rings. The van der Waals surface area contributed by atoms with Gasteiger partial charge in [0.15, 0.2) is 0 Å². The van der Waals surface area contributed by atoms with Crippen molar-refractivity contribution in [2.75, 3.05) is 0 Å². The molecule has 0 amide bonds. The van der Waals surface area contributed by atoms with Crippen LogP contribution >= 0.6 is 0 Å². The monoisotopic (exact) mass is 212 g/mol. The maximum Gasteiger partial charge on any atom is 0.0454 e. The fourth-order valence-corrected chi connectivity index (χ4v) is 2.37. The number of hydrogen-bond donors (Lipinski definition) is 2. The Hall–Kier alpha value is -1.54. The first-order chi connectivity index (χ1) is 7.83. The molecule has 2 nitrogen and oxygen atoms in total. The van der Waals surface area contributed by atoms with Crippen molar-refractivity contribution in [2.24, 2.45) is 5.73 Å². The highest BCUT2D eigenvalue weighted by Gasteiger charge is 2.11. The smallest absolute Gasteiger partial charge is 0.0454 e. The van der Waals surface area contributed by atoms with Gasteiger partial charge in [-0.05, 0) is 54.0 Å².